The van der Waals surface area contributed by atoms with Gasteiger partial charge in [-0.05, 0) is 32.9 Å². The molecule has 0 bridgehead atoms. The lowest BCUT2D eigenvalue weighted by Crippen LogP contribution is -2.49. The van der Waals surface area contributed by atoms with Crippen LogP contribution in [0.4, 0.5) is 5.69 Å². The molecule has 5 nitrogen and oxygen atoms in total. The van der Waals surface area contributed by atoms with Gasteiger partial charge in [0.2, 0.25) is 5.91 Å². The summed E-state index contributed by atoms with van der Waals surface area (Å²) < 4.78 is 11.2. The van der Waals surface area contributed by atoms with Gasteiger partial charge in [0.25, 0.3) is 0 Å². The van der Waals surface area contributed by atoms with Gasteiger partial charge in [-0.3, -0.25) is 4.79 Å². The molecule has 21 heavy (non-hydrogen) atoms. The van der Waals surface area contributed by atoms with Gasteiger partial charge in [-0.1, -0.05) is 12.1 Å². The Morgan fingerprint density at radius 1 is 1.33 bits per heavy atom. The molecular weight excluding hydrogens is 268 g/mol. The Morgan fingerprint density at radius 3 is 2.67 bits per heavy atom. The Labute approximate surface area is 126 Å². The molecule has 1 fully saturated rings. The van der Waals surface area contributed by atoms with E-state index in [1.54, 1.807) is 0 Å². The molecule has 1 aliphatic heterocycles. The highest BCUT2D eigenvalue weighted by Crippen LogP contribution is 2.23. The summed E-state index contributed by atoms with van der Waals surface area (Å²) in [6.07, 6.45) is 0.182. The number of nitrogens with zero attached hydrogens (tertiary/aromatic N) is 1. The molecule has 1 amide bonds. The van der Waals surface area contributed by atoms with Gasteiger partial charge in [-0.2, -0.15) is 0 Å². The lowest BCUT2D eigenvalue weighted by Gasteiger charge is -2.35. The van der Waals surface area contributed by atoms with Crippen molar-refractivity contribution in [2.75, 3.05) is 31.6 Å². The maximum Gasteiger partial charge on any atom is 0.242 e. The van der Waals surface area contributed by atoms with Crippen molar-refractivity contribution in [1.29, 1.82) is 0 Å². The first-order chi connectivity index (χ1) is 10.1. The maximum absolute atomic E-state index is 12.3. The molecule has 0 radical (unpaired) electrons. The Kier molecular flexibility index (Phi) is 5.44. The van der Waals surface area contributed by atoms with Gasteiger partial charge in [0, 0.05) is 13.1 Å². The molecule has 0 saturated carbocycles. The molecule has 1 saturated heterocycles. The number of morpholine rings is 1. The van der Waals surface area contributed by atoms with Crippen LogP contribution >= 0.6 is 0 Å². The van der Waals surface area contributed by atoms with Gasteiger partial charge in [0.05, 0.1) is 31.0 Å². The number of nitrogens with one attached hydrogen (secondary N) is 1. The number of para-hydroxylation sites is 2. The van der Waals surface area contributed by atoms with Crippen LogP contribution in [0.3, 0.4) is 0 Å². The van der Waals surface area contributed by atoms with Crippen LogP contribution < -0.4 is 10.1 Å². The molecule has 0 spiro atoms. The number of carbonyl (C=O) groups is 1. The van der Waals surface area contributed by atoms with Crippen molar-refractivity contribution in [3.8, 4) is 5.75 Å². The molecular formula is C16H24N2O3. The molecule has 1 aliphatic rings. The number of hydrogen-bond donors (Lipinski definition) is 1. The first-order valence-electron chi connectivity index (χ1n) is 7.49. The van der Waals surface area contributed by atoms with Crippen LogP contribution in [-0.4, -0.2) is 49.3 Å². The third kappa shape index (κ3) is 4.36. The number of benzene rings is 1. The predicted molar refractivity (Wildman–Crippen MR) is 82.7 cm³/mol. The molecule has 2 rings (SSSR count). The third-order valence-electron chi connectivity index (χ3n) is 3.39. The van der Waals surface area contributed by atoms with Gasteiger partial charge in [-0.25, -0.2) is 0 Å². The number of anilines is 1. The second-order valence-corrected chi connectivity index (χ2v) is 5.34. The van der Waals surface area contributed by atoms with Crippen molar-refractivity contribution in [1.82, 2.24) is 4.90 Å². The van der Waals surface area contributed by atoms with E-state index < -0.39 is 0 Å². The average molecular weight is 292 g/mol. The van der Waals surface area contributed by atoms with Crippen LogP contribution in [-0.2, 0) is 9.53 Å². The Bertz CT molecular complexity index is 468. The molecule has 0 aromatic heterocycles. The van der Waals surface area contributed by atoms with Crippen molar-refractivity contribution in [3.05, 3.63) is 24.3 Å². The number of hydrogen-bond acceptors (Lipinski definition) is 4. The van der Waals surface area contributed by atoms with Crippen LogP contribution in [0.1, 0.15) is 20.8 Å². The summed E-state index contributed by atoms with van der Waals surface area (Å²) in [7, 11) is 0. The molecule has 1 heterocycles. The minimum Gasteiger partial charge on any atom is -0.492 e. The van der Waals surface area contributed by atoms with Crippen molar-refractivity contribution in [2.24, 2.45) is 0 Å². The zero-order valence-corrected chi connectivity index (χ0v) is 13.0. The topological polar surface area (TPSA) is 50.8 Å². The molecule has 5 heteroatoms. The quantitative estimate of drug-likeness (QED) is 0.903. The zero-order chi connectivity index (χ0) is 15.2. The fraction of sp³-hybridized carbons (Fsp3) is 0.562. The molecule has 116 valence electrons. The van der Waals surface area contributed by atoms with E-state index in [1.165, 1.54) is 0 Å². The van der Waals surface area contributed by atoms with Crippen LogP contribution in [0.2, 0.25) is 0 Å². The highest BCUT2D eigenvalue weighted by molar-refractivity contribution is 5.81. The van der Waals surface area contributed by atoms with E-state index in [4.69, 9.17) is 9.47 Å². The molecule has 1 aromatic carbocycles. The smallest absolute Gasteiger partial charge is 0.242 e. The lowest BCUT2D eigenvalue weighted by molar-refractivity contribution is -0.141. The number of ether oxygens (including phenoxy) is 2. The largest absolute Gasteiger partial charge is 0.492 e. The van der Waals surface area contributed by atoms with Crippen LogP contribution in [0, 0.1) is 0 Å². The van der Waals surface area contributed by atoms with Crippen molar-refractivity contribution in [2.45, 2.75) is 33.0 Å². The summed E-state index contributed by atoms with van der Waals surface area (Å²) in [6, 6.07) is 7.66. The Morgan fingerprint density at radius 2 is 2.00 bits per heavy atom. The number of carbonyl (C=O) groups excluding carboxylic acids is 1. The summed E-state index contributed by atoms with van der Waals surface area (Å²) in [5.41, 5.74) is 0.849. The van der Waals surface area contributed by atoms with Gasteiger partial charge >= 0.3 is 0 Å². The summed E-state index contributed by atoms with van der Waals surface area (Å²) in [6.45, 7) is 8.10. The van der Waals surface area contributed by atoms with E-state index in [1.807, 2.05) is 49.9 Å². The van der Waals surface area contributed by atoms with Gasteiger partial charge < -0.3 is 19.7 Å². The van der Waals surface area contributed by atoms with Gasteiger partial charge in [0.15, 0.2) is 0 Å². The van der Waals surface area contributed by atoms with Gasteiger partial charge in [-0.15, -0.1) is 0 Å². The van der Waals surface area contributed by atoms with E-state index in [0.29, 0.717) is 19.7 Å². The molecule has 1 N–H and O–H groups in total. The minimum atomic E-state index is 0.0864. The fourth-order valence-corrected chi connectivity index (χ4v) is 2.56. The van der Waals surface area contributed by atoms with Crippen LogP contribution in [0.25, 0.3) is 0 Å². The second kappa shape index (κ2) is 7.31. The monoisotopic (exact) mass is 292 g/mol. The molecule has 0 aliphatic carbocycles. The highest BCUT2D eigenvalue weighted by Gasteiger charge is 2.25. The van der Waals surface area contributed by atoms with Crippen LogP contribution in [0.15, 0.2) is 24.3 Å². The zero-order valence-electron chi connectivity index (χ0n) is 13.0. The molecule has 2 unspecified atom stereocenters. The number of rotatable bonds is 5. The predicted octanol–water partition coefficient (Wildman–Crippen LogP) is 2.13. The normalized spacial score (nSPS) is 22.0. The SMILES string of the molecule is CCOc1ccccc1NCC(=O)N1CC(C)OC(C)C1. The average Bonchev–Trinajstić information content (AvgIpc) is 2.45. The fourth-order valence-electron chi connectivity index (χ4n) is 2.56. The molecule has 1 aromatic rings. The summed E-state index contributed by atoms with van der Waals surface area (Å²) in [4.78, 5) is 14.2. The Hall–Kier alpha value is -1.75. The van der Waals surface area contributed by atoms with Crippen molar-refractivity contribution >= 4 is 11.6 Å². The standard InChI is InChI=1S/C16H24N2O3/c1-4-20-15-8-6-5-7-14(15)17-9-16(19)18-10-12(2)21-13(3)11-18/h5-8,12-13,17H,4,9-11H2,1-3H3. The van der Waals surface area contributed by atoms with E-state index >= 15 is 0 Å². The first kappa shape index (κ1) is 15.6. The summed E-state index contributed by atoms with van der Waals surface area (Å²) >= 11 is 0. The van der Waals surface area contributed by atoms with Gasteiger partial charge in [0.1, 0.15) is 5.75 Å². The van der Waals surface area contributed by atoms with Crippen molar-refractivity contribution in [3.63, 3.8) is 0 Å². The third-order valence-corrected chi connectivity index (χ3v) is 3.39. The van der Waals surface area contributed by atoms with E-state index in [2.05, 4.69) is 5.32 Å². The molecule has 2 atom stereocenters. The lowest BCUT2D eigenvalue weighted by atomic mass is 10.2. The van der Waals surface area contributed by atoms with E-state index in [-0.39, 0.29) is 24.7 Å². The summed E-state index contributed by atoms with van der Waals surface area (Å²) in [5, 5.41) is 3.17. The highest BCUT2D eigenvalue weighted by atomic mass is 16.5. The number of amides is 1. The van der Waals surface area contributed by atoms with E-state index in [0.717, 1.165) is 11.4 Å². The maximum atomic E-state index is 12.3. The van der Waals surface area contributed by atoms with Crippen LogP contribution in [0.5, 0.6) is 5.75 Å². The Balaban J connectivity index is 1.92. The van der Waals surface area contributed by atoms with Crippen molar-refractivity contribution < 1.29 is 14.3 Å². The summed E-state index contributed by atoms with van der Waals surface area (Å²) in [5.74, 6) is 0.861. The first-order valence-corrected chi connectivity index (χ1v) is 7.49. The minimum absolute atomic E-state index is 0.0864. The second-order valence-electron chi connectivity index (χ2n) is 5.34. The van der Waals surface area contributed by atoms with E-state index in [9.17, 15) is 4.79 Å².